The summed E-state index contributed by atoms with van der Waals surface area (Å²) in [6, 6.07) is 10.6. The van der Waals surface area contributed by atoms with Crippen LogP contribution in [0.15, 0.2) is 47.5 Å². The molecule has 0 aliphatic rings. The highest BCUT2D eigenvalue weighted by Crippen LogP contribution is 2.18. The molecule has 3 aromatic rings. The SMILES string of the molecule is Cc1cccc(NC(=O)Cn2cnc3ccc(Cl)cc3c2=O)c1C. The Balaban J connectivity index is 1.87. The molecule has 122 valence electrons. The summed E-state index contributed by atoms with van der Waals surface area (Å²) in [5.41, 5.74) is 3.09. The minimum Gasteiger partial charge on any atom is -0.324 e. The second-order valence-corrected chi connectivity index (χ2v) is 6.07. The number of amides is 1. The van der Waals surface area contributed by atoms with Gasteiger partial charge in [-0.3, -0.25) is 14.2 Å². The maximum absolute atomic E-state index is 12.5. The molecule has 24 heavy (non-hydrogen) atoms. The van der Waals surface area contributed by atoms with Gasteiger partial charge in [-0.2, -0.15) is 0 Å². The van der Waals surface area contributed by atoms with Gasteiger partial charge in [-0.25, -0.2) is 4.98 Å². The third-order valence-electron chi connectivity index (χ3n) is 3.98. The summed E-state index contributed by atoms with van der Waals surface area (Å²) in [6.45, 7) is 3.81. The molecule has 0 atom stereocenters. The smallest absolute Gasteiger partial charge is 0.261 e. The molecule has 0 radical (unpaired) electrons. The van der Waals surface area contributed by atoms with Gasteiger partial charge in [0.1, 0.15) is 6.54 Å². The van der Waals surface area contributed by atoms with Crippen molar-refractivity contribution in [2.24, 2.45) is 0 Å². The number of fused-ring (bicyclic) bond motifs is 1. The van der Waals surface area contributed by atoms with Crippen molar-refractivity contribution in [2.75, 3.05) is 5.32 Å². The Morgan fingerprint density at radius 2 is 2.04 bits per heavy atom. The van der Waals surface area contributed by atoms with Crippen LogP contribution in [0, 0.1) is 13.8 Å². The van der Waals surface area contributed by atoms with Gasteiger partial charge in [0.2, 0.25) is 5.91 Å². The molecule has 1 N–H and O–H groups in total. The average Bonchev–Trinajstić information content (AvgIpc) is 2.55. The van der Waals surface area contributed by atoms with Crippen LogP contribution < -0.4 is 10.9 Å². The van der Waals surface area contributed by atoms with E-state index in [1.54, 1.807) is 18.2 Å². The number of hydrogen-bond acceptors (Lipinski definition) is 3. The highest BCUT2D eigenvalue weighted by atomic mass is 35.5. The van der Waals surface area contributed by atoms with Gasteiger partial charge < -0.3 is 5.32 Å². The van der Waals surface area contributed by atoms with Gasteiger partial charge >= 0.3 is 0 Å². The van der Waals surface area contributed by atoms with Gasteiger partial charge in [-0.15, -0.1) is 0 Å². The van der Waals surface area contributed by atoms with Crippen molar-refractivity contribution in [3.8, 4) is 0 Å². The third-order valence-corrected chi connectivity index (χ3v) is 4.21. The summed E-state index contributed by atoms with van der Waals surface area (Å²) in [7, 11) is 0. The molecule has 0 saturated carbocycles. The summed E-state index contributed by atoms with van der Waals surface area (Å²) in [5.74, 6) is -0.283. The number of aryl methyl sites for hydroxylation is 1. The van der Waals surface area contributed by atoms with Crippen molar-refractivity contribution in [3.63, 3.8) is 0 Å². The molecule has 3 rings (SSSR count). The summed E-state index contributed by atoms with van der Waals surface area (Å²) in [6.07, 6.45) is 1.38. The van der Waals surface area contributed by atoms with Crippen molar-refractivity contribution in [1.82, 2.24) is 9.55 Å². The van der Waals surface area contributed by atoms with E-state index >= 15 is 0 Å². The van der Waals surface area contributed by atoms with Crippen LogP contribution in [0.3, 0.4) is 0 Å². The van der Waals surface area contributed by atoms with Gasteiger partial charge in [-0.05, 0) is 49.2 Å². The van der Waals surface area contributed by atoms with Crippen LogP contribution in [0.2, 0.25) is 5.02 Å². The molecule has 0 spiro atoms. The normalized spacial score (nSPS) is 10.8. The molecule has 0 aliphatic heterocycles. The molecule has 0 saturated heterocycles. The number of aromatic nitrogens is 2. The molecule has 2 aromatic carbocycles. The number of benzene rings is 2. The Kier molecular flexibility index (Phi) is 4.36. The Labute approximate surface area is 143 Å². The highest BCUT2D eigenvalue weighted by Gasteiger charge is 2.10. The van der Waals surface area contributed by atoms with E-state index in [1.807, 2.05) is 32.0 Å². The van der Waals surface area contributed by atoms with E-state index in [2.05, 4.69) is 10.3 Å². The Bertz CT molecular complexity index is 995. The van der Waals surface area contributed by atoms with E-state index in [0.717, 1.165) is 16.8 Å². The van der Waals surface area contributed by atoms with Crippen LogP contribution in [0.5, 0.6) is 0 Å². The van der Waals surface area contributed by atoms with Crippen molar-refractivity contribution in [2.45, 2.75) is 20.4 Å². The number of anilines is 1. The van der Waals surface area contributed by atoms with Crippen LogP contribution in [0.4, 0.5) is 5.69 Å². The molecule has 0 fully saturated rings. The van der Waals surface area contributed by atoms with Crippen LogP contribution >= 0.6 is 11.6 Å². The summed E-state index contributed by atoms with van der Waals surface area (Å²) in [4.78, 5) is 28.9. The Hall–Kier alpha value is -2.66. The first-order chi connectivity index (χ1) is 11.5. The summed E-state index contributed by atoms with van der Waals surface area (Å²) < 4.78 is 1.28. The fourth-order valence-corrected chi connectivity index (χ4v) is 2.65. The molecule has 1 aromatic heterocycles. The van der Waals surface area contributed by atoms with E-state index in [4.69, 9.17) is 11.6 Å². The van der Waals surface area contributed by atoms with Crippen LogP contribution in [0.1, 0.15) is 11.1 Å². The zero-order valence-electron chi connectivity index (χ0n) is 13.3. The second kappa shape index (κ2) is 6.45. The van der Waals surface area contributed by atoms with Gasteiger partial charge in [0.05, 0.1) is 17.2 Å². The van der Waals surface area contributed by atoms with E-state index in [9.17, 15) is 9.59 Å². The monoisotopic (exact) mass is 341 g/mol. The number of carbonyl (C=O) groups excluding carboxylic acids is 1. The fourth-order valence-electron chi connectivity index (χ4n) is 2.47. The maximum Gasteiger partial charge on any atom is 0.261 e. The minimum atomic E-state index is -0.293. The lowest BCUT2D eigenvalue weighted by Gasteiger charge is -2.11. The largest absolute Gasteiger partial charge is 0.324 e. The second-order valence-electron chi connectivity index (χ2n) is 5.63. The zero-order valence-corrected chi connectivity index (χ0v) is 14.1. The lowest BCUT2D eigenvalue weighted by molar-refractivity contribution is -0.116. The fraction of sp³-hybridized carbons (Fsp3) is 0.167. The molecule has 1 heterocycles. The van der Waals surface area contributed by atoms with Crippen LogP contribution in [-0.4, -0.2) is 15.5 Å². The van der Waals surface area contributed by atoms with E-state index in [1.165, 1.54) is 10.9 Å². The molecule has 6 heteroatoms. The van der Waals surface area contributed by atoms with E-state index in [-0.39, 0.29) is 18.0 Å². The number of rotatable bonds is 3. The predicted molar refractivity (Wildman–Crippen MR) is 95.6 cm³/mol. The predicted octanol–water partition coefficient (Wildman–Crippen LogP) is 3.31. The number of nitrogens with zero attached hydrogens (tertiary/aromatic N) is 2. The van der Waals surface area contributed by atoms with Crippen LogP contribution in [-0.2, 0) is 11.3 Å². The lowest BCUT2D eigenvalue weighted by atomic mass is 10.1. The topological polar surface area (TPSA) is 64.0 Å². The molecule has 0 unspecified atom stereocenters. The van der Waals surface area contributed by atoms with Gasteiger partial charge in [-0.1, -0.05) is 23.7 Å². The number of nitrogens with one attached hydrogen (secondary N) is 1. The highest BCUT2D eigenvalue weighted by molar-refractivity contribution is 6.31. The number of halogens is 1. The molecular formula is C18H16ClN3O2. The summed E-state index contributed by atoms with van der Waals surface area (Å²) in [5, 5.41) is 3.68. The van der Waals surface area contributed by atoms with E-state index < -0.39 is 0 Å². The van der Waals surface area contributed by atoms with Gasteiger partial charge in [0, 0.05) is 10.7 Å². The number of hydrogen-bond donors (Lipinski definition) is 1. The first kappa shape index (κ1) is 16.2. The first-order valence-electron chi connectivity index (χ1n) is 7.46. The average molecular weight is 342 g/mol. The van der Waals surface area contributed by atoms with Crippen molar-refractivity contribution in [1.29, 1.82) is 0 Å². The first-order valence-corrected chi connectivity index (χ1v) is 7.84. The Morgan fingerprint density at radius 1 is 1.25 bits per heavy atom. The molecular weight excluding hydrogens is 326 g/mol. The maximum atomic E-state index is 12.5. The van der Waals surface area contributed by atoms with Crippen molar-refractivity contribution < 1.29 is 4.79 Å². The quantitative estimate of drug-likeness (QED) is 0.795. The lowest BCUT2D eigenvalue weighted by Crippen LogP contribution is -2.28. The third kappa shape index (κ3) is 3.16. The molecule has 1 amide bonds. The van der Waals surface area contributed by atoms with E-state index in [0.29, 0.717) is 15.9 Å². The van der Waals surface area contributed by atoms with Crippen molar-refractivity contribution in [3.05, 3.63) is 69.2 Å². The van der Waals surface area contributed by atoms with Crippen LogP contribution in [0.25, 0.3) is 10.9 Å². The van der Waals surface area contributed by atoms with Gasteiger partial charge in [0.15, 0.2) is 0 Å². The Morgan fingerprint density at radius 3 is 2.83 bits per heavy atom. The molecule has 0 bridgehead atoms. The minimum absolute atomic E-state index is 0.109. The zero-order chi connectivity index (χ0) is 17.3. The van der Waals surface area contributed by atoms with Gasteiger partial charge in [0.25, 0.3) is 5.56 Å². The number of carbonyl (C=O) groups is 1. The standard InChI is InChI=1S/C18H16ClN3O2/c1-11-4-3-5-15(12(11)2)21-17(23)9-22-10-20-16-7-6-13(19)8-14(16)18(22)24/h3-8,10H,9H2,1-2H3,(H,21,23). The van der Waals surface area contributed by atoms with Crippen molar-refractivity contribution >= 4 is 34.1 Å². The molecule has 0 aliphatic carbocycles. The molecule has 5 nitrogen and oxygen atoms in total. The summed E-state index contributed by atoms with van der Waals surface area (Å²) >= 11 is 5.93.